The minimum absolute atomic E-state index is 0.0784. The molecule has 0 amide bonds. The summed E-state index contributed by atoms with van der Waals surface area (Å²) in [7, 11) is 0. The standard InChI is InChI=1S/C46H74O16/c1-22(2)14-24-16-43(5,55)38-25-8-9-29-41(3)11-7-12-44(6,30(41)10-13-42(29,4)45(25)20-46(38,61-24)57-21-45)62-40-37(58-27-15-23(17-47)31(50)32(27)51)36(26(49)19-56-40)60-39-35(54)34(53)33(52)28(18-48)59-39/h14,23-40,47-55H,7-13,15-21H2,1-6H3/t23-,24+,25?,26+,27+,28-,29?,30?,31-,32-,33-,34+,35-,36+,37-,38?,39?,40-,41-,42-,43+,44+,45+,46+/m1/s1. The van der Waals surface area contributed by atoms with E-state index in [9.17, 15) is 46.0 Å². The molecule has 9 rings (SSSR count). The molecule has 9 N–H and O–H groups in total. The van der Waals surface area contributed by atoms with Crippen molar-refractivity contribution in [2.75, 3.05) is 26.4 Å². The van der Waals surface area contributed by atoms with Crippen molar-refractivity contribution < 1.29 is 79.1 Å². The van der Waals surface area contributed by atoms with Gasteiger partial charge in [-0.3, -0.25) is 0 Å². The molecule has 4 saturated heterocycles. The Morgan fingerprint density at radius 3 is 2.24 bits per heavy atom. The Morgan fingerprint density at radius 2 is 1.55 bits per heavy atom. The Balaban J connectivity index is 1.00. The molecule has 62 heavy (non-hydrogen) atoms. The molecule has 0 radical (unpaired) electrons. The third-order valence-electron chi connectivity index (χ3n) is 18.5. The maximum absolute atomic E-state index is 12.2. The lowest BCUT2D eigenvalue weighted by Gasteiger charge is -2.70. The van der Waals surface area contributed by atoms with Crippen LogP contribution >= 0.6 is 0 Å². The lowest BCUT2D eigenvalue weighted by molar-refractivity contribution is -0.373. The molecule has 5 saturated carbocycles. The highest BCUT2D eigenvalue weighted by Crippen LogP contribution is 2.80. The zero-order valence-electron chi connectivity index (χ0n) is 37.3. The van der Waals surface area contributed by atoms with Gasteiger partial charge in [0.1, 0.15) is 48.8 Å². The molecule has 0 aromatic carbocycles. The summed E-state index contributed by atoms with van der Waals surface area (Å²) in [5.41, 5.74) is -0.967. The third kappa shape index (κ3) is 6.89. The van der Waals surface area contributed by atoms with E-state index in [1.807, 2.05) is 6.92 Å². The highest BCUT2D eigenvalue weighted by atomic mass is 16.7. The molecular weight excluding hydrogens is 808 g/mol. The van der Waals surface area contributed by atoms with Gasteiger partial charge in [0.05, 0.1) is 49.3 Å². The van der Waals surface area contributed by atoms with Crippen LogP contribution in [-0.2, 0) is 33.2 Å². The van der Waals surface area contributed by atoms with Crippen LogP contribution in [0.3, 0.4) is 0 Å². The first-order valence-electron chi connectivity index (χ1n) is 23.4. The van der Waals surface area contributed by atoms with Crippen LogP contribution in [0.4, 0.5) is 0 Å². The van der Waals surface area contributed by atoms with Crippen LogP contribution in [0.15, 0.2) is 11.6 Å². The summed E-state index contributed by atoms with van der Waals surface area (Å²) in [5, 5.41) is 97.4. The molecule has 5 unspecified atom stereocenters. The van der Waals surface area contributed by atoms with Crippen molar-refractivity contribution in [3.63, 3.8) is 0 Å². The summed E-state index contributed by atoms with van der Waals surface area (Å²) in [6.07, 6.45) is -7.11. The maximum Gasteiger partial charge on any atom is 0.187 e. The van der Waals surface area contributed by atoms with E-state index < -0.39 is 103 Å². The van der Waals surface area contributed by atoms with Gasteiger partial charge in [-0.15, -0.1) is 0 Å². The summed E-state index contributed by atoms with van der Waals surface area (Å²) >= 11 is 0. The fraction of sp³-hybridized carbons (Fsp3) is 0.957. The monoisotopic (exact) mass is 882 g/mol. The first-order valence-corrected chi connectivity index (χ1v) is 23.4. The molecule has 5 aliphatic carbocycles. The topological polar surface area (TPSA) is 247 Å². The van der Waals surface area contributed by atoms with Gasteiger partial charge in [0.2, 0.25) is 0 Å². The molecule has 354 valence electrons. The fourth-order valence-corrected chi connectivity index (χ4v) is 15.8. The molecule has 9 aliphatic rings. The predicted molar refractivity (Wildman–Crippen MR) is 218 cm³/mol. The second-order valence-corrected chi connectivity index (χ2v) is 22.3. The van der Waals surface area contributed by atoms with Gasteiger partial charge in [-0.05, 0) is 101 Å². The summed E-state index contributed by atoms with van der Waals surface area (Å²) in [4.78, 5) is 0. The normalized spacial score (nSPS) is 58.2. The van der Waals surface area contributed by atoms with Crippen LogP contribution in [0, 0.1) is 45.8 Å². The molecule has 2 spiro atoms. The van der Waals surface area contributed by atoms with Crippen LogP contribution in [0.5, 0.6) is 0 Å². The maximum atomic E-state index is 12.2. The highest BCUT2D eigenvalue weighted by Gasteiger charge is 2.81. The first-order chi connectivity index (χ1) is 29.2. The molecule has 16 nitrogen and oxygen atoms in total. The smallest absolute Gasteiger partial charge is 0.187 e. The molecule has 4 heterocycles. The second kappa shape index (κ2) is 16.1. The average Bonchev–Trinajstić information content (AvgIpc) is 3.82. The number of hydrogen-bond acceptors (Lipinski definition) is 16. The van der Waals surface area contributed by atoms with Crippen molar-refractivity contribution in [1.29, 1.82) is 0 Å². The van der Waals surface area contributed by atoms with Gasteiger partial charge in [0, 0.05) is 36.7 Å². The van der Waals surface area contributed by atoms with E-state index in [1.54, 1.807) is 0 Å². The van der Waals surface area contributed by atoms with Crippen molar-refractivity contribution in [3.05, 3.63) is 11.6 Å². The number of rotatable bonds is 9. The molecule has 4 aliphatic heterocycles. The van der Waals surface area contributed by atoms with Gasteiger partial charge in [-0.2, -0.15) is 0 Å². The molecular formula is C46H74O16. The molecule has 9 fully saturated rings. The van der Waals surface area contributed by atoms with E-state index in [2.05, 4.69) is 40.7 Å². The summed E-state index contributed by atoms with van der Waals surface area (Å²) < 4.78 is 45.8. The van der Waals surface area contributed by atoms with Crippen molar-refractivity contribution in [2.45, 2.75) is 202 Å². The zero-order chi connectivity index (χ0) is 44.5. The minimum Gasteiger partial charge on any atom is -0.396 e. The van der Waals surface area contributed by atoms with Crippen LogP contribution in [-0.4, -0.2) is 169 Å². The molecule has 2 bridgehead atoms. The Labute approximate surface area is 364 Å². The van der Waals surface area contributed by atoms with Gasteiger partial charge >= 0.3 is 0 Å². The van der Waals surface area contributed by atoms with Gasteiger partial charge in [0.15, 0.2) is 18.4 Å². The second-order valence-electron chi connectivity index (χ2n) is 22.3. The molecule has 16 heteroatoms. The number of ether oxygens (including phenoxy) is 7. The fourth-order valence-electron chi connectivity index (χ4n) is 15.8. The van der Waals surface area contributed by atoms with Crippen molar-refractivity contribution in [1.82, 2.24) is 0 Å². The third-order valence-corrected chi connectivity index (χ3v) is 18.5. The van der Waals surface area contributed by atoms with Crippen LogP contribution in [0.25, 0.3) is 0 Å². The number of aliphatic hydroxyl groups is 9. The van der Waals surface area contributed by atoms with Crippen LogP contribution in [0.2, 0.25) is 0 Å². The first kappa shape index (κ1) is 46.2. The number of allylic oxidation sites excluding steroid dienone is 1. The number of aliphatic hydroxyl groups excluding tert-OH is 8. The quantitative estimate of drug-likeness (QED) is 0.147. The van der Waals surface area contributed by atoms with Gasteiger partial charge in [0.25, 0.3) is 0 Å². The van der Waals surface area contributed by atoms with E-state index >= 15 is 0 Å². The average molecular weight is 883 g/mol. The van der Waals surface area contributed by atoms with E-state index in [0.717, 1.165) is 50.5 Å². The largest absolute Gasteiger partial charge is 0.396 e. The van der Waals surface area contributed by atoms with Gasteiger partial charge < -0.3 is 79.1 Å². The van der Waals surface area contributed by atoms with Crippen LogP contribution in [0.1, 0.15) is 106 Å². The predicted octanol–water partition coefficient (Wildman–Crippen LogP) is 1.02. The zero-order valence-corrected chi connectivity index (χ0v) is 37.3. The lowest BCUT2D eigenvalue weighted by atomic mass is 9.36. The molecule has 24 atom stereocenters. The Bertz CT molecular complexity index is 1680. The summed E-state index contributed by atoms with van der Waals surface area (Å²) in [6.45, 7) is 12.4. The van der Waals surface area contributed by atoms with Gasteiger partial charge in [-0.1, -0.05) is 31.9 Å². The Kier molecular flexibility index (Phi) is 12.0. The van der Waals surface area contributed by atoms with E-state index in [1.165, 1.54) is 0 Å². The highest BCUT2D eigenvalue weighted by molar-refractivity contribution is 5.26. The number of hydrogen-bond donors (Lipinski definition) is 9. The van der Waals surface area contributed by atoms with E-state index in [0.29, 0.717) is 25.4 Å². The molecule has 0 aromatic rings. The Morgan fingerprint density at radius 1 is 0.790 bits per heavy atom. The van der Waals surface area contributed by atoms with E-state index in [4.69, 9.17) is 33.2 Å². The van der Waals surface area contributed by atoms with E-state index in [-0.39, 0.29) is 59.7 Å². The minimum atomic E-state index is -1.76. The van der Waals surface area contributed by atoms with Crippen molar-refractivity contribution in [2.24, 2.45) is 45.8 Å². The SMILES string of the molecule is CC(C)=C[C@H]1C[C@](C)(O)C2C3CCC4[C@@]5(C)CCC[C@](C)(O[C@H]6OC[C@H](O)[C@H](OC7O[C@H](CO)[C@@H](O)[C@H](O)[C@H]7O)[C@H]6O[C@H]6C[C@H](CO)[C@@H](O)[C@@H]6O)C5CC[C@@]4(C)[C@@]34CO[C@@]2(C4)O1. The molecule has 0 aromatic heterocycles. The van der Waals surface area contributed by atoms with Gasteiger partial charge in [-0.25, -0.2) is 0 Å². The van der Waals surface area contributed by atoms with Crippen molar-refractivity contribution in [3.8, 4) is 0 Å². The van der Waals surface area contributed by atoms with Crippen LogP contribution < -0.4 is 0 Å². The summed E-state index contributed by atoms with van der Waals surface area (Å²) in [6, 6.07) is 0. The Hall–Kier alpha value is -0.900. The summed E-state index contributed by atoms with van der Waals surface area (Å²) in [5.74, 6) is -0.947. The number of fused-ring (bicyclic) bond motifs is 4. The van der Waals surface area contributed by atoms with Crippen molar-refractivity contribution >= 4 is 0 Å². The lowest BCUT2D eigenvalue weighted by Crippen LogP contribution is -2.68.